The highest BCUT2D eigenvalue weighted by Crippen LogP contribution is 2.13. The Morgan fingerprint density at radius 1 is 1.09 bits per heavy atom. The Labute approximate surface area is 127 Å². The summed E-state index contributed by atoms with van der Waals surface area (Å²) in [7, 11) is 1.92. The van der Waals surface area contributed by atoms with E-state index >= 15 is 0 Å². The van der Waals surface area contributed by atoms with E-state index in [0.717, 1.165) is 11.1 Å². The number of hydrogen-bond acceptors (Lipinski definition) is 2. The summed E-state index contributed by atoms with van der Waals surface area (Å²) in [5, 5.41) is 9.61. The highest BCUT2D eigenvalue weighted by molar-refractivity contribution is 5.87. The van der Waals surface area contributed by atoms with E-state index in [1.807, 2.05) is 42.1 Å². The van der Waals surface area contributed by atoms with Gasteiger partial charge in [-0.05, 0) is 29.8 Å². The van der Waals surface area contributed by atoms with Crippen LogP contribution in [-0.4, -0.2) is 15.6 Å². The first-order valence-corrected chi connectivity index (χ1v) is 6.96. The Morgan fingerprint density at radius 3 is 2.45 bits per heavy atom. The van der Waals surface area contributed by atoms with E-state index in [1.165, 1.54) is 0 Å². The van der Waals surface area contributed by atoms with Gasteiger partial charge in [0.05, 0.1) is 11.1 Å². The third kappa shape index (κ3) is 2.51. The highest BCUT2D eigenvalue weighted by atomic mass is 16.4. The van der Waals surface area contributed by atoms with Crippen molar-refractivity contribution in [1.29, 1.82) is 0 Å². The van der Waals surface area contributed by atoms with Gasteiger partial charge < -0.3 is 9.67 Å². The Kier molecular flexibility index (Phi) is 3.51. The molecule has 4 heteroatoms. The number of carboxylic acids is 1. The molecule has 0 radical (unpaired) electrons. The van der Waals surface area contributed by atoms with Gasteiger partial charge in [-0.2, -0.15) is 0 Å². The van der Waals surface area contributed by atoms with Crippen molar-refractivity contribution < 1.29 is 9.90 Å². The second kappa shape index (κ2) is 5.48. The molecule has 0 saturated carbocycles. The first-order valence-electron chi connectivity index (χ1n) is 6.96. The standard InChI is InChI=1S/C18H15NO3/c1-19-11-14(17(20)15-4-2-3-5-16(15)19)10-12-6-8-13(9-7-12)18(21)22/h2-9,11H,10H2,1H3,(H,21,22). The van der Waals surface area contributed by atoms with Crippen molar-refractivity contribution in [1.82, 2.24) is 4.57 Å². The fraction of sp³-hybridized carbons (Fsp3) is 0.111. The average molecular weight is 293 g/mol. The molecule has 1 aromatic heterocycles. The molecule has 0 aliphatic rings. The van der Waals surface area contributed by atoms with Crippen molar-refractivity contribution in [3.05, 3.63) is 81.6 Å². The molecule has 0 aliphatic carbocycles. The van der Waals surface area contributed by atoms with Gasteiger partial charge in [0.1, 0.15) is 0 Å². The van der Waals surface area contributed by atoms with E-state index in [-0.39, 0.29) is 11.0 Å². The van der Waals surface area contributed by atoms with Crippen LogP contribution in [0.1, 0.15) is 21.5 Å². The van der Waals surface area contributed by atoms with Crippen LogP contribution in [0.4, 0.5) is 0 Å². The molecule has 0 bridgehead atoms. The van der Waals surface area contributed by atoms with E-state index in [2.05, 4.69) is 0 Å². The summed E-state index contributed by atoms with van der Waals surface area (Å²) in [4.78, 5) is 23.4. The molecule has 2 aromatic carbocycles. The molecule has 0 amide bonds. The zero-order chi connectivity index (χ0) is 15.7. The van der Waals surface area contributed by atoms with Crippen molar-refractivity contribution >= 4 is 16.9 Å². The van der Waals surface area contributed by atoms with Crippen LogP contribution in [0.15, 0.2) is 59.5 Å². The fourth-order valence-corrected chi connectivity index (χ4v) is 2.62. The SMILES string of the molecule is Cn1cc(Cc2ccc(C(=O)O)cc2)c(=O)c2ccccc21. The number of hydrogen-bond donors (Lipinski definition) is 1. The lowest BCUT2D eigenvalue weighted by Crippen LogP contribution is -2.13. The number of carbonyl (C=O) groups is 1. The number of rotatable bonds is 3. The number of aromatic nitrogens is 1. The van der Waals surface area contributed by atoms with Crippen LogP contribution in [0, 0.1) is 0 Å². The summed E-state index contributed by atoms with van der Waals surface area (Å²) in [6.45, 7) is 0. The number of benzene rings is 2. The van der Waals surface area contributed by atoms with Gasteiger partial charge in [0.15, 0.2) is 5.43 Å². The van der Waals surface area contributed by atoms with E-state index in [1.54, 1.807) is 24.3 Å². The first-order chi connectivity index (χ1) is 10.6. The smallest absolute Gasteiger partial charge is 0.335 e. The molecule has 0 unspecified atom stereocenters. The number of carboxylic acid groups (broad SMARTS) is 1. The molecule has 0 atom stereocenters. The molecule has 0 saturated heterocycles. The zero-order valence-electron chi connectivity index (χ0n) is 12.1. The molecule has 3 rings (SSSR count). The Hall–Kier alpha value is -2.88. The molecule has 22 heavy (non-hydrogen) atoms. The number of aromatic carboxylic acids is 1. The number of aryl methyl sites for hydroxylation is 1. The molecular weight excluding hydrogens is 278 g/mol. The second-order valence-corrected chi connectivity index (χ2v) is 5.29. The van der Waals surface area contributed by atoms with Crippen molar-refractivity contribution in [2.24, 2.45) is 7.05 Å². The lowest BCUT2D eigenvalue weighted by atomic mass is 10.0. The van der Waals surface area contributed by atoms with Crippen molar-refractivity contribution in [3.63, 3.8) is 0 Å². The minimum Gasteiger partial charge on any atom is -0.478 e. The minimum atomic E-state index is -0.951. The maximum Gasteiger partial charge on any atom is 0.335 e. The lowest BCUT2D eigenvalue weighted by molar-refractivity contribution is 0.0697. The fourth-order valence-electron chi connectivity index (χ4n) is 2.62. The number of para-hydroxylation sites is 1. The summed E-state index contributed by atoms with van der Waals surface area (Å²) in [6, 6.07) is 14.1. The zero-order valence-corrected chi connectivity index (χ0v) is 12.1. The number of fused-ring (bicyclic) bond motifs is 1. The van der Waals surface area contributed by atoms with Crippen molar-refractivity contribution in [2.45, 2.75) is 6.42 Å². The third-order valence-electron chi connectivity index (χ3n) is 3.77. The van der Waals surface area contributed by atoms with Gasteiger partial charge in [-0.1, -0.05) is 24.3 Å². The van der Waals surface area contributed by atoms with Gasteiger partial charge >= 0.3 is 5.97 Å². The molecule has 110 valence electrons. The van der Waals surface area contributed by atoms with Crippen LogP contribution in [0.3, 0.4) is 0 Å². The summed E-state index contributed by atoms with van der Waals surface area (Å²) in [5.41, 5.74) is 2.78. The normalized spacial score (nSPS) is 10.8. The average Bonchev–Trinajstić information content (AvgIpc) is 2.53. The van der Waals surface area contributed by atoms with Gasteiger partial charge in [-0.3, -0.25) is 4.79 Å². The van der Waals surface area contributed by atoms with Gasteiger partial charge in [0, 0.05) is 30.6 Å². The largest absolute Gasteiger partial charge is 0.478 e. The molecule has 4 nitrogen and oxygen atoms in total. The maximum absolute atomic E-state index is 12.6. The van der Waals surface area contributed by atoms with E-state index in [0.29, 0.717) is 17.4 Å². The molecule has 0 fully saturated rings. The lowest BCUT2D eigenvalue weighted by Gasteiger charge is -2.09. The van der Waals surface area contributed by atoms with Gasteiger partial charge in [0.2, 0.25) is 0 Å². The molecule has 0 spiro atoms. The van der Waals surface area contributed by atoms with Crippen LogP contribution < -0.4 is 5.43 Å². The first kappa shape index (κ1) is 14.1. The summed E-state index contributed by atoms with van der Waals surface area (Å²) in [6.07, 6.45) is 2.33. The predicted molar refractivity (Wildman–Crippen MR) is 85.4 cm³/mol. The molecule has 1 N–H and O–H groups in total. The van der Waals surface area contributed by atoms with Crippen LogP contribution in [0.5, 0.6) is 0 Å². The molecule has 1 heterocycles. The summed E-state index contributed by atoms with van der Waals surface area (Å²) < 4.78 is 1.94. The summed E-state index contributed by atoms with van der Waals surface area (Å²) >= 11 is 0. The molecule has 0 aliphatic heterocycles. The third-order valence-corrected chi connectivity index (χ3v) is 3.77. The van der Waals surface area contributed by atoms with Crippen LogP contribution in [-0.2, 0) is 13.5 Å². The van der Waals surface area contributed by atoms with Gasteiger partial charge in [-0.15, -0.1) is 0 Å². The van der Waals surface area contributed by atoms with Crippen LogP contribution in [0.2, 0.25) is 0 Å². The van der Waals surface area contributed by atoms with Crippen molar-refractivity contribution in [3.8, 4) is 0 Å². The predicted octanol–water partition coefficient (Wildman–Crippen LogP) is 2.83. The Balaban J connectivity index is 2.02. The Bertz CT molecular complexity index is 908. The Morgan fingerprint density at radius 2 is 1.77 bits per heavy atom. The molecular formula is C18H15NO3. The maximum atomic E-state index is 12.6. The monoisotopic (exact) mass is 293 g/mol. The van der Waals surface area contributed by atoms with E-state index < -0.39 is 5.97 Å². The highest BCUT2D eigenvalue weighted by Gasteiger charge is 2.08. The summed E-state index contributed by atoms with van der Waals surface area (Å²) in [5.74, 6) is -0.951. The van der Waals surface area contributed by atoms with Gasteiger partial charge in [0.25, 0.3) is 0 Å². The van der Waals surface area contributed by atoms with E-state index in [9.17, 15) is 9.59 Å². The van der Waals surface area contributed by atoms with Crippen LogP contribution in [0.25, 0.3) is 10.9 Å². The topological polar surface area (TPSA) is 59.3 Å². The molecule has 3 aromatic rings. The van der Waals surface area contributed by atoms with E-state index in [4.69, 9.17) is 5.11 Å². The number of nitrogens with zero attached hydrogens (tertiary/aromatic N) is 1. The quantitative estimate of drug-likeness (QED) is 0.808. The second-order valence-electron chi connectivity index (χ2n) is 5.29. The van der Waals surface area contributed by atoms with Crippen molar-refractivity contribution in [2.75, 3.05) is 0 Å². The van der Waals surface area contributed by atoms with Crippen LogP contribution >= 0.6 is 0 Å². The minimum absolute atomic E-state index is 0.0241. The van der Waals surface area contributed by atoms with Gasteiger partial charge in [-0.25, -0.2) is 4.79 Å². The number of pyridine rings is 1.